The molecule has 0 radical (unpaired) electrons. The molecular weight excluding hydrogens is 244 g/mol. The Balaban J connectivity index is 0. The molecule has 62 valence electrons. The van der Waals surface area contributed by atoms with Crippen LogP contribution in [0.2, 0.25) is 0 Å². The maximum atomic E-state index is 8.70. The summed E-state index contributed by atoms with van der Waals surface area (Å²) in [6, 6.07) is 0. The van der Waals surface area contributed by atoms with Crippen LogP contribution in [0.25, 0.3) is 0 Å². The van der Waals surface area contributed by atoms with Crippen molar-refractivity contribution >= 4 is 36.2 Å². The van der Waals surface area contributed by atoms with Crippen molar-refractivity contribution in [3.8, 4) is 0 Å². The Hall–Kier alpha value is 0.750. The maximum absolute atomic E-state index is 8.70. The molecule has 0 saturated heterocycles. The number of nitrogens with zero attached hydrogens (tertiary/aromatic N) is 1. The Morgan fingerprint density at radius 2 is 2.00 bits per heavy atom. The molecule has 0 aliphatic rings. The molecule has 0 amide bonds. The van der Waals surface area contributed by atoms with E-state index in [4.69, 9.17) is 26.1 Å². The fourth-order valence-corrected chi connectivity index (χ4v) is 0.693. The molecule has 0 atom stereocenters. The van der Waals surface area contributed by atoms with E-state index >= 15 is 0 Å². The van der Waals surface area contributed by atoms with Crippen molar-refractivity contribution in [1.82, 2.24) is 3.45 Å². The van der Waals surface area contributed by atoms with Crippen LogP contribution in [0.3, 0.4) is 0 Å². The highest BCUT2D eigenvalue weighted by Gasteiger charge is 1.93. The second-order valence-electron chi connectivity index (χ2n) is 1.28. The van der Waals surface area contributed by atoms with E-state index in [1.807, 2.05) is 0 Å². The molecule has 7 heteroatoms. The van der Waals surface area contributed by atoms with Gasteiger partial charge in [0.2, 0.25) is 0 Å². The lowest BCUT2D eigenvalue weighted by molar-refractivity contribution is 0.405. The molecule has 0 rings (SSSR count). The Kier molecular flexibility index (Phi) is 13.0. The number of halogens is 2. The van der Waals surface area contributed by atoms with Gasteiger partial charge in [-0.1, -0.05) is 6.92 Å². The molecule has 0 aliphatic carbocycles. The third-order valence-corrected chi connectivity index (χ3v) is 0.916. The minimum absolute atomic E-state index is 0.890. The molecule has 0 aliphatic heterocycles. The summed E-state index contributed by atoms with van der Waals surface area (Å²) in [5, 5.41) is 0. The second-order valence-corrected chi connectivity index (χ2v) is 3.46. The van der Waals surface area contributed by atoms with Gasteiger partial charge in [-0.25, -0.2) is 0 Å². The summed E-state index contributed by atoms with van der Waals surface area (Å²) < 4.78 is 10.2. The van der Waals surface area contributed by atoms with Crippen LogP contribution in [0.15, 0.2) is 0 Å². The average molecular weight is 253 g/mol. The molecule has 0 saturated carbocycles. The van der Waals surface area contributed by atoms with Gasteiger partial charge in [-0.05, 0) is 18.2 Å². The molecule has 2 N–H and O–H groups in total. The van der Waals surface area contributed by atoms with E-state index in [0.29, 0.717) is 0 Å². The number of hydrogen-bond donors (Lipinski definition) is 2. The van der Waals surface area contributed by atoms with Crippen molar-refractivity contribution < 1.29 is 14.4 Å². The first-order valence-electron chi connectivity index (χ1n) is 2.44. The molecule has 0 aromatic carbocycles. The van der Waals surface area contributed by atoms with E-state index in [-0.39, 0.29) is 0 Å². The molecular formula is C3H9BrClNO3P+. The van der Waals surface area contributed by atoms with Crippen LogP contribution in [0.1, 0.15) is 13.3 Å². The average Bonchev–Trinajstić information content (AvgIpc) is 1.62. The summed E-state index contributed by atoms with van der Waals surface area (Å²) in [7, 11) is -2.87. The van der Waals surface area contributed by atoms with Crippen molar-refractivity contribution in [3.05, 3.63) is 0 Å². The molecule has 0 bridgehead atoms. The van der Waals surface area contributed by atoms with E-state index < -0.39 is 8.25 Å². The van der Waals surface area contributed by atoms with Gasteiger partial charge in [0.15, 0.2) is 0 Å². The van der Waals surface area contributed by atoms with Gasteiger partial charge in [-0.15, -0.1) is 9.79 Å². The standard InChI is InChI=1S/C3H7BrClN.HO3P/c1-2-3-6(4)5;1-4(2)3/h2-3H2,1H3;(H-,1,2,3)/p+1. The van der Waals surface area contributed by atoms with Gasteiger partial charge in [0, 0.05) is 27.3 Å². The molecule has 0 aromatic rings. The first kappa shape index (κ1) is 13.3. The summed E-state index contributed by atoms with van der Waals surface area (Å²) in [6.45, 7) is 2.96. The van der Waals surface area contributed by atoms with Gasteiger partial charge in [-0.3, -0.25) is 0 Å². The SMILES string of the molecule is CCCN(Cl)Br.O=[P+](O)O. The van der Waals surface area contributed by atoms with Crippen molar-refractivity contribution in [3.63, 3.8) is 0 Å². The minimum Gasteiger partial charge on any atom is -0.155 e. The fraction of sp³-hybridized carbons (Fsp3) is 1.00. The first-order chi connectivity index (χ1) is 4.50. The topological polar surface area (TPSA) is 60.8 Å². The largest absolute Gasteiger partial charge is 0.692 e. The Morgan fingerprint density at radius 1 is 1.70 bits per heavy atom. The van der Waals surface area contributed by atoms with Crippen LogP contribution in [0.4, 0.5) is 0 Å². The highest BCUT2D eigenvalue weighted by atomic mass is 79.9. The zero-order valence-corrected chi connectivity index (χ0v) is 8.60. The molecule has 0 heterocycles. The summed E-state index contributed by atoms with van der Waals surface area (Å²) in [5.41, 5.74) is 0. The Morgan fingerprint density at radius 3 is 2.00 bits per heavy atom. The van der Waals surface area contributed by atoms with E-state index in [0.717, 1.165) is 13.0 Å². The number of hydrogen-bond acceptors (Lipinski definition) is 2. The molecule has 0 unspecified atom stereocenters. The van der Waals surface area contributed by atoms with Crippen molar-refractivity contribution in [2.75, 3.05) is 6.54 Å². The van der Waals surface area contributed by atoms with Crippen molar-refractivity contribution in [2.24, 2.45) is 0 Å². The van der Waals surface area contributed by atoms with Crippen LogP contribution in [0, 0.1) is 0 Å². The summed E-state index contributed by atoms with van der Waals surface area (Å²) >= 11 is 8.36. The first-order valence-corrected chi connectivity index (χ1v) is 4.66. The molecule has 10 heavy (non-hydrogen) atoms. The van der Waals surface area contributed by atoms with Crippen LogP contribution in [0.5, 0.6) is 0 Å². The second kappa shape index (κ2) is 9.75. The van der Waals surface area contributed by atoms with Crippen LogP contribution in [-0.2, 0) is 4.57 Å². The highest BCUT2D eigenvalue weighted by Crippen LogP contribution is 2.00. The van der Waals surface area contributed by atoms with E-state index in [1.54, 1.807) is 0 Å². The predicted molar refractivity (Wildman–Crippen MR) is 43.8 cm³/mol. The van der Waals surface area contributed by atoms with Gasteiger partial charge in [0.1, 0.15) is 0 Å². The van der Waals surface area contributed by atoms with Crippen LogP contribution < -0.4 is 0 Å². The number of rotatable bonds is 2. The van der Waals surface area contributed by atoms with E-state index in [9.17, 15) is 0 Å². The smallest absolute Gasteiger partial charge is 0.155 e. The third-order valence-electron chi connectivity index (χ3n) is 0.393. The van der Waals surface area contributed by atoms with Gasteiger partial charge < -0.3 is 0 Å². The summed E-state index contributed by atoms with van der Waals surface area (Å²) in [4.78, 5) is 14.2. The van der Waals surface area contributed by atoms with Gasteiger partial charge in [0.05, 0.1) is 0 Å². The minimum atomic E-state index is -2.87. The highest BCUT2D eigenvalue weighted by molar-refractivity contribution is 9.08. The Bertz CT molecular complexity index is 89.8. The Labute approximate surface area is 74.2 Å². The quantitative estimate of drug-likeness (QED) is 0.582. The van der Waals surface area contributed by atoms with Crippen molar-refractivity contribution in [2.45, 2.75) is 13.3 Å². The summed E-state index contributed by atoms with van der Waals surface area (Å²) in [6.07, 6.45) is 1.08. The van der Waals surface area contributed by atoms with Gasteiger partial charge >= 0.3 is 8.25 Å². The van der Waals surface area contributed by atoms with Gasteiger partial charge in [0.25, 0.3) is 0 Å². The van der Waals surface area contributed by atoms with Gasteiger partial charge in [-0.2, -0.15) is 3.45 Å². The fourth-order valence-electron chi connectivity index (χ4n) is 0.169. The zero-order valence-electron chi connectivity index (χ0n) is 5.37. The zero-order chi connectivity index (χ0) is 8.57. The molecule has 4 nitrogen and oxygen atoms in total. The van der Waals surface area contributed by atoms with Crippen LogP contribution >= 0.6 is 36.2 Å². The molecule has 0 spiro atoms. The lowest BCUT2D eigenvalue weighted by atomic mass is 10.5. The molecule has 0 fully saturated rings. The molecule has 0 aromatic heterocycles. The maximum Gasteiger partial charge on any atom is 0.692 e. The normalized spacial score (nSPS) is 8.60. The van der Waals surface area contributed by atoms with E-state index in [1.165, 1.54) is 3.45 Å². The van der Waals surface area contributed by atoms with Crippen molar-refractivity contribution in [1.29, 1.82) is 0 Å². The van der Waals surface area contributed by atoms with E-state index in [2.05, 4.69) is 23.1 Å². The lowest BCUT2D eigenvalue weighted by Gasteiger charge is -1.96. The third kappa shape index (κ3) is 37.4. The predicted octanol–water partition coefficient (Wildman–Crippen LogP) is 1.79. The lowest BCUT2D eigenvalue weighted by Crippen LogP contribution is -1.95. The monoisotopic (exact) mass is 252 g/mol. The van der Waals surface area contributed by atoms with Crippen LogP contribution in [-0.4, -0.2) is 19.8 Å². The summed E-state index contributed by atoms with van der Waals surface area (Å²) in [5.74, 6) is 0.